The lowest BCUT2D eigenvalue weighted by Gasteiger charge is -2.34. The lowest BCUT2D eigenvalue weighted by atomic mass is 10.2. The standard InChI is InChI=1S/C15H22N2O2S.C4H4O4/c1-3-19-15(18)17-10-8-16(9-11-17)12-13-4-6-14(20-2)7-5-13;5-3(6)1-2-4(7)8/h4-7H,3,8-12H2,1-2H3;1-2H,(H,5,6)(H,7,8)/b;2-1+. The molecule has 1 aliphatic rings. The van der Waals surface area contributed by atoms with Crippen molar-refractivity contribution in [2.24, 2.45) is 0 Å². The Morgan fingerprint density at radius 1 is 1.04 bits per heavy atom. The van der Waals surface area contributed by atoms with Crippen molar-refractivity contribution in [1.29, 1.82) is 0 Å². The molecule has 2 N–H and O–H groups in total. The molecule has 0 aliphatic carbocycles. The van der Waals surface area contributed by atoms with Crippen LogP contribution in [-0.2, 0) is 20.9 Å². The molecule has 1 saturated heterocycles. The summed E-state index contributed by atoms with van der Waals surface area (Å²) in [5, 5.41) is 15.6. The first-order valence-electron chi connectivity index (χ1n) is 8.76. The number of carboxylic acid groups (broad SMARTS) is 2. The van der Waals surface area contributed by atoms with E-state index in [2.05, 4.69) is 35.4 Å². The highest BCUT2D eigenvalue weighted by Crippen LogP contribution is 2.16. The van der Waals surface area contributed by atoms with Crippen LogP contribution in [0.1, 0.15) is 12.5 Å². The molecular weight excluding hydrogens is 384 g/mol. The SMILES string of the molecule is CCOC(=O)N1CCN(Cc2ccc(SC)cc2)CC1.O=C(O)/C=C/C(=O)O. The van der Waals surface area contributed by atoms with E-state index >= 15 is 0 Å². The highest BCUT2D eigenvalue weighted by Gasteiger charge is 2.21. The lowest BCUT2D eigenvalue weighted by Crippen LogP contribution is -2.48. The van der Waals surface area contributed by atoms with Gasteiger partial charge in [-0.3, -0.25) is 4.90 Å². The second-order valence-electron chi connectivity index (χ2n) is 5.82. The fourth-order valence-corrected chi connectivity index (χ4v) is 2.84. The molecule has 28 heavy (non-hydrogen) atoms. The van der Waals surface area contributed by atoms with Gasteiger partial charge in [-0.1, -0.05) is 12.1 Å². The van der Waals surface area contributed by atoms with Gasteiger partial charge in [-0.2, -0.15) is 0 Å². The molecule has 1 aromatic rings. The zero-order valence-corrected chi connectivity index (χ0v) is 16.9. The van der Waals surface area contributed by atoms with Gasteiger partial charge in [0.05, 0.1) is 6.61 Å². The summed E-state index contributed by atoms with van der Waals surface area (Å²) in [6.07, 6.45) is 3.02. The Hall–Kier alpha value is -2.52. The van der Waals surface area contributed by atoms with E-state index in [0.717, 1.165) is 32.7 Å². The van der Waals surface area contributed by atoms with Crippen LogP contribution in [0.4, 0.5) is 4.79 Å². The predicted molar refractivity (Wildman–Crippen MR) is 107 cm³/mol. The number of hydrogen-bond acceptors (Lipinski definition) is 6. The number of benzene rings is 1. The third-order valence-corrected chi connectivity index (χ3v) is 4.58. The average molecular weight is 410 g/mol. The average Bonchev–Trinajstić information content (AvgIpc) is 2.68. The Morgan fingerprint density at radius 3 is 2.00 bits per heavy atom. The van der Waals surface area contributed by atoms with Gasteiger partial charge in [0.15, 0.2) is 0 Å². The summed E-state index contributed by atoms with van der Waals surface area (Å²) in [5.41, 5.74) is 1.33. The summed E-state index contributed by atoms with van der Waals surface area (Å²) < 4.78 is 5.03. The van der Waals surface area contributed by atoms with Crippen LogP contribution >= 0.6 is 11.8 Å². The van der Waals surface area contributed by atoms with Crippen LogP contribution in [0.5, 0.6) is 0 Å². The molecule has 8 nitrogen and oxygen atoms in total. The minimum Gasteiger partial charge on any atom is -0.478 e. The van der Waals surface area contributed by atoms with Crippen molar-refractivity contribution in [3.8, 4) is 0 Å². The van der Waals surface area contributed by atoms with Gasteiger partial charge in [-0.05, 0) is 30.9 Å². The molecule has 0 bridgehead atoms. The second kappa shape index (κ2) is 12.8. The van der Waals surface area contributed by atoms with Crippen LogP contribution in [0, 0.1) is 0 Å². The first-order chi connectivity index (χ1) is 13.3. The van der Waals surface area contributed by atoms with Crippen LogP contribution in [0.25, 0.3) is 0 Å². The molecule has 154 valence electrons. The highest BCUT2D eigenvalue weighted by atomic mass is 32.2. The number of piperazine rings is 1. The van der Waals surface area contributed by atoms with E-state index in [1.165, 1.54) is 10.5 Å². The van der Waals surface area contributed by atoms with Crippen molar-refractivity contribution in [3.63, 3.8) is 0 Å². The highest BCUT2D eigenvalue weighted by molar-refractivity contribution is 7.98. The molecular formula is C19H26N2O6S. The normalized spacial score (nSPS) is 14.3. The van der Waals surface area contributed by atoms with Crippen molar-refractivity contribution >= 4 is 29.8 Å². The number of amides is 1. The Kier molecular flexibility index (Phi) is 10.7. The molecule has 0 radical (unpaired) electrons. The van der Waals surface area contributed by atoms with Crippen LogP contribution in [0.3, 0.4) is 0 Å². The third kappa shape index (κ3) is 9.43. The first-order valence-corrected chi connectivity index (χ1v) is 9.99. The lowest BCUT2D eigenvalue weighted by molar-refractivity contribution is -0.134. The molecule has 1 fully saturated rings. The zero-order valence-electron chi connectivity index (χ0n) is 16.0. The van der Waals surface area contributed by atoms with Gasteiger partial charge in [-0.25, -0.2) is 14.4 Å². The number of carboxylic acids is 2. The predicted octanol–water partition coefficient (Wildman–Crippen LogP) is 2.39. The second-order valence-corrected chi connectivity index (χ2v) is 6.70. The van der Waals surface area contributed by atoms with Crippen molar-refractivity contribution < 1.29 is 29.3 Å². The molecule has 0 aromatic heterocycles. The largest absolute Gasteiger partial charge is 0.478 e. The van der Waals surface area contributed by atoms with Crippen molar-refractivity contribution in [2.75, 3.05) is 39.0 Å². The fourth-order valence-electron chi connectivity index (χ4n) is 2.44. The summed E-state index contributed by atoms with van der Waals surface area (Å²) in [6, 6.07) is 8.69. The Morgan fingerprint density at radius 2 is 1.57 bits per heavy atom. The number of aliphatic carboxylic acids is 2. The molecule has 9 heteroatoms. The number of hydrogen-bond donors (Lipinski definition) is 2. The summed E-state index contributed by atoms with van der Waals surface area (Å²) >= 11 is 1.76. The van der Waals surface area contributed by atoms with Crippen molar-refractivity contribution in [1.82, 2.24) is 9.80 Å². The van der Waals surface area contributed by atoms with E-state index in [0.29, 0.717) is 18.8 Å². The van der Waals surface area contributed by atoms with Crippen molar-refractivity contribution in [2.45, 2.75) is 18.4 Å². The van der Waals surface area contributed by atoms with Gasteiger partial charge in [0, 0.05) is 49.8 Å². The van der Waals surface area contributed by atoms with E-state index in [9.17, 15) is 14.4 Å². The first kappa shape index (κ1) is 23.5. The Balaban J connectivity index is 0.000000416. The molecule has 0 saturated carbocycles. The van der Waals surface area contributed by atoms with Gasteiger partial charge >= 0.3 is 18.0 Å². The van der Waals surface area contributed by atoms with Crippen LogP contribution in [0.2, 0.25) is 0 Å². The fraction of sp³-hybridized carbons (Fsp3) is 0.421. The molecule has 1 heterocycles. The summed E-state index contributed by atoms with van der Waals surface area (Å²) in [4.78, 5) is 36.2. The van der Waals surface area contributed by atoms with E-state index < -0.39 is 11.9 Å². The maximum atomic E-state index is 11.6. The smallest absolute Gasteiger partial charge is 0.409 e. The van der Waals surface area contributed by atoms with E-state index in [1.807, 2.05) is 6.92 Å². The summed E-state index contributed by atoms with van der Waals surface area (Å²) in [5.74, 6) is -2.51. The molecule has 1 aliphatic heterocycles. The monoisotopic (exact) mass is 410 g/mol. The van der Waals surface area contributed by atoms with Gasteiger partial charge in [-0.15, -0.1) is 11.8 Å². The molecule has 0 atom stereocenters. The van der Waals surface area contributed by atoms with E-state index in [4.69, 9.17) is 14.9 Å². The molecule has 1 amide bonds. The quantitative estimate of drug-likeness (QED) is 0.544. The number of carbonyl (C=O) groups is 3. The van der Waals surface area contributed by atoms with Gasteiger partial charge < -0.3 is 19.8 Å². The van der Waals surface area contributed by atoms with Crippen LogP contribution in [-0.4, -0.2) is 77.1 Å². The van der Waals surface area contributed by atoms with Gasteiger partial charge in [0.25, 0.3) is 0 Å². The maximum absolute atomic E-state index is 11.6. The number of carbonyl (C=O) groups excluding carboxylic acids is 1. The Bertz CT molecular complexity index is 654. The van der Waals surface area contributed by atoms with Gasteiger partial charge in [0.2, 0.25) is 0 Å². The summed E-state index contributed by atoms with van der Waals surface area (Å²) in [6.45, 7) is 6.55. The zero-order chi connectivity index (χ0) is 20.9. The van der Waals surface area contributed by atoms with Gasteiger partial charge in [0.1, 0.15) is 0 Å². The number of rotatable bonds is 6. The third-order valence-electron chi connectivity index (χ3n) is 3.83. The minimum atomic E-state index is -1.26. The topological polar surface area (TPSA) is 107 Å². The van der Waals surface area contributed by atoms with Crippen molar-refractivity contribution in [3.05, 3.63) is 42.0 Å². The molecule has 2 rings (SSSR count). The molecule has 1 aromatic carbocycles. The minimum absolute atomic E-state index is 0.184. The van der Waals surface area contributed by atoms with E-state index in [1.54, 1.807) is 16.7 Å². The van der Waals surface area contributed by atoms with Crippen LogP contribution < -0.4 is 0 Å². The Labute approximate surface area is 168 Å². The number of nitrogens with zero attached hydrogens (tertiary/aromatic N) is 2. The summed E-state index contributed by atoms with van der Waals surface area (Å²) in [7, 11) is 0. The molecule has 0 unspecified atom stereocenters. The molecule has 0 spiro atoms. The van der Waals surface area contributed by atoms with Crippen LogP contribution in [0.15, 0.2) is 41.3 Å². The maximum Gasteiger partial charge on any atom is 0.409 e. The number of thioether (sulfide) groups is 1. The number of ether oxygens (including phenoxy) is 1. The van der Waals surface area contributed by atoms with E-state index in [-0.39, 0.29) is 6.09 Å².